The molecule has 2 heterocycles. The van der Waals surface area contributed by atoms with E-state index in [0.29, 0.717) is 22.8 Å². The Morgan fingerprint density at radius 1 is 1.22 bits per heavy atom. The molecule has 0 amide bonds. The first-order valence-corrected chi connectivity index (χ1v) is 13.1. The largest absolute Gasteiger partial charge is 0.490 e. The summed E-state index contributed by atoms with van der Waals surface area (Å²) in [6.45, 7) is 7.18. The highest BCUT2D eigenvalue weighted by Gasteiger charge is 2.36. The maximum Gasteiger partial charge on any atom is 0.246 e. The van der Waals surface area contributed by atoms with Gasteiger partial charge in [-0.3, -0.25) is 9.58 Å². The first kappa shape index (κ1) is 23.5. The molecule has 1 aliphatic carbocycles. The molecule has 0 unspecified atom stereocenters. The second-order valence-corrected chi connectivity index (χ2v) is 11.6. The predicted octanol–water partition coefficient (Wildman–Crippen LogP) is 3.76. The average Bonchev–Trinajstić information content (AvgIpc) is 3.29. The lowest BCUT2D eigenvalue weighted by atomic mass is 9.82. The third-order valence-corrected chi connectivity index (χ3v) is 9.17. The number of aryl methyl sites for hydroxylation is 2. The quantitative estimate of drug-likeness (QED) is 0.575. The molecule has 1 aromatic heterocycles. The van der Waals surface area contributed by atoms with Crippen LogP contribution in [-0.2, 0) is 23.6 Å². The highest BCUT2D eigenvalue weighted by Crippen LogP contribution is 2.35. The maximum absolute atomic E-state index is 13.1. The van der Waals surface area contributed by atoms with Gasteiger partial charge < -0.3 is 4.74 Å². The summed E-state index contributed by atoms with van der Waals surface area (Å²) in [4.78, 5) is 2.75. The van der Waals surface area contributed by atoms with E-state index >= 15 is 0 Å². The summed E-state index contributed by atoms with van der Waals surface area (Å²) in [5, 5.41) is 5.00. The third kappa shape index (κ3) is 4.83. The van der Waals surface area contributed by atoms with E-state index in [1.807, 2.05) is 12.1 Å². The summed E-state index contributed by atoms with van der Waals surface area (Å²) in [6, 6.07) is 5.96. The molecule has 32 heavy (non-hydrogen) atoms. The van der Waals surface area contributed by atoms with E-state index in [9.17, 15) is 8.42 Å². The lowest BCUT2D eigenvalue weighted by molar-refractivity contribution is 0.0575. The van der Waals surface area contributed by atoms with Crippen LogP contribution in [0.15, 0.2) is 23.1 Å². The fourth-order valence-corrected chi connectivity index (χ4v) is 6.64. The molecule has 1 aromatic carbocycles. The van der Waals surface area contributed by atoms with E-state index < -0.39 is 10.0 Å². The minimum atomic E-state index is -3.56. The fourth-order valence-electron chi connectivity index (χ4n) is 4.77. The first-order valence-electron chi connectivity index (χ1n) is 11.3. The van der Waals surface area contributed by atoms with Crippen LogP contribution in [0.5, 0.6) is 5.75 Å². The minimum absolute atomic E-state index is 0.0958. The topological polar surface area (TPSA) is 67.7 Å². The summed E-state index contributed by atoms with van der Waals surface area (Å²) in [5.74, 6) is 1.06. The third-order valence-electron chi connectivity index (χ3n) is 6.74. The van der Waals surface area contributed by atoms with Gasteiger partial charge in [-0.1, -0.05) is 17.7 Å². The minimum Gasteiger partial charge on any atom is -0.490 e. The van der Waals surface area contributed by atoms with Crippen molar-refractivity contribution < 1.29 is 13.2 Å². The van der Waals surface area contributed by atoms with Crippen molar-refractivity contribution in [1.29, 1.82) is 0 Å². The fraction of sp³-hybridized carbons (Fsp3) is 0.609. The molecule has 0 spiro atoms. The molecule has 9 heteroatoms. The zero-order chi connectivity index (χ0) is 23.0. The molecule has 176 valence electrons. The summed E-state index contributed by atoms with van der Waals surface area (Å²) >= 11 is 6.50. The van der Waals surface area contributed by atoms with Crippen molar-refractivity contribution in [2.75, 3.05) is 26.7 Å². The van der Waals surface area contributed by atoms with Gasteiger partial charge in [-0.2, -0.15) is 5.10 Å². The summed E-state index contributed by atoms with van der Waals surface area (Å²) < 4.78 is 35.3. The van der Waals surface area contributed by atoms with Gasteiger partial charge in [0.25, 0.3) is 0 Å². The van der Waals surface area contributed by atoms with Crippen molar-refractivity contribution >= 4 is 21.6 Å². The van der Waals surface area contributed by atoms with Crippen molar-refractivity contribution in [1.82, 2.24) is 19.0 Å². The Morgan fingerprint density at radius 2 is 1.91 bits per heavy atom. The number of hydrogen-bond donors (Lipinski definition) is 0. The normalized spacial score (nSPS) is 21.8. The van der Waals surface area contributed by atoms with Crippen molar-refractivity contribution in [3.63, 3.8) is 0 Å². The highest BCUT2D eigenvalue weighted by atomic mass is 35.5. The van der Waals surface area contributed by atoms with Crippen LogP contribution in [0.3, 0.4) is 0 Å². The lowest BCUT2D eigenvalue weighted by Gasteiger charge is -2.37. The molecule has 0 bridgehead atoms. The molecule has 2 aromatic rings. The zero-order valence-corrected chi connectivity index (χ0v) is 20.9. The van der Waals surface area contributed by atoms with E-state index in [-0.39, 0.29) is 12.0 Å². The van der Waals surface area contributed by atoms with E-state index in [1.165, 1.54) is 17.1 Å². The van der Waals surface area contributed by atoms with Gasteiger partial charge in [0.2, 0.25) is 10.0 Å². The van der Waals surface area contributed by atoms with Crippen LogP contribution >= 0.6 is 11.6 Å². The molecule has 0 atom stereocenters. The molecule has 1 aliphatic heterocycles. The monoisotopic (exact) mass is 480 g/mol. The standard InChI is InChI=1S/C23H33ClN4O3S/c1-16-23(17(2)27(4)25-16)32(29,30)26(3)14-18-11-21(12-18)31-20-8-7-19(22(24)13-20)15-28-9-5-6-10-28/h7-8,13,18,21H,5-6,9-12,14-15H2,1-4H3. The number of sulfonamides is 1. The number of benzene rings is 1. The molecule has 7 nitrogen and oxygen atoms in total. The summed E-state index contributed by atoms with van der Waals surface area (Å²) in [6.07, 6.45) is 4.29. The molecular formula is C23H33ClN4O3S. The number of aromatic nitrogens is 2. The van der Waals surface area contributed by atoms with Crippen LogP contribution in [0.25, 0.3) is 0 Å². The predicted molar refractivity (Wildman–Crippen MR) is 126 cm³/mol. The Balaban J connectivity index is 1.29. The summed E-state index contributed by atoms with van der Waals surface area (Å²) in [5.41, 5.74) is 2.34. The number of hydrogen-bond acceptors (Lipinski definition) is 5. The van der Waals surface area contributed by atoms with Gasteiger partial charge in [-0.15, -0.1) is 0 Å². The van der Waals surface area contributed by atoms with Crippen LogP contribution in [0.2, 0.25) is 5.02 Å². The molecular weight excluding hydrogens is 448 g/mol. The Labute approximate surface area is 196 Å². The molecule has 2 fully saturated rings. The Morgan fingerprint density at radius 3 is 2.50 bits per heavy atom. The van der Waals surface area contributed by atoms with Crippen LogP contribution in [0, 0.1) is 19.8 Å². The van der Waals surface area contributed by atoms with E-state index in [4.69, 9.17) is 16.3 Å². The number of ether oxygens (including phenoxy) is 1. The Kier molecular flexibility index (Phi) is 6.86. The molecule has 0 N–H and O–H groups in total. The van der Waals surface area contributed by atoms with Crippen molar-refractivity contribution in [3.05, 3.63) is 40.2 Å². The van der Waals surface area contributed by atoms with Crippen LogP contribution in [0.1, 0.15) is 42.6 Å². The van der Waals surface area contributed by atoms with Gasteiger partial charge in [0.1, 0.15) is 10.6 Å². The molecule has 0 radical (unpaired) electrons. The van der Waals surface area contributed by atoms with Crippen molar-refractivity contribution in [2.24, 2.45) is 13.0 Å². The number of halogens is 1. The Hall–Kier alpha value is -1.61. The molecule has 1 saturated carbocycles. The van der Waals surface area contributed by atoms with Crippen LogP contribution in [0.4, 0.5) is 0 Å². The SMILES string of the molecule is Cc1nn(C)c(C)c1S(=O)(=O)N(C)CC1CC(Oc2ccc(CN3CCCC3)c(Cl)c2)C1. The van der Waals surface area contributed by atoms with Gasteiger partial charge in [0.15, 0.2) is 0 Å². The van der Waals surface area contributed by atoms with E-state index in [1.54, 1.807) is 32.6 Å². The maximum atomic E-state index is 13.1. The Bertz CT molecular complexity index is 1070. The number of likely N-dealkylation sites (tertiary alicyclic amines) is 1. The molecule has 4 rings (SSSR count). The first-order chi connectivity index (χ1) is 15.1. The van der Waals surface area contributed by atoms with Gasteiger partial charge in [0.05, 0.1) is 17.5 Å². The second-order valence-electron chi connectivity index (χ2n) is 9.22. The zero-order valence-electron chi connectivity index (χ0n) is 19.3. The van der Waals surface area contributed by atoms with Crippen molar-refractivity contribution in [3.8, 4) is 5.75 Å². The molecule has 2 aliphatic rings. The van der Waals surface area contributed by atoms with E-state index in [2.05, 4.69) is 16.1 Å². The second kappa shape index (κ2) is 9.33. The van der Waals surface area contributed by atoms with Gasteiger partial charge in [-0.25, -0.2) is 12.7 Å². The average molecular weight is 481 g/mol. The van der Waals surface area contributed by atoms with Gasteiger partial charge in [-0.05, 0) is 76.2 Å². The van der Waals surface area contributed by atoms with Crippen molar-refractivity contribution in [2.45, 2.75) is 57.1 Å². The van der Waals surface area contributed by atoms with Gasteiger partial charge >= 0.3 is 0 Å². The van der Waals surface area contributed by atoms with Crippen LogP contribution in [-0.4, -0.2) is 60.2 Å². The van der Waals surface area contributed by atoms with E-state index in [0.717, 1.165) is 48.8 Å². The van der Waals surface area contributed by atoms with Crippen LogP contribution < -0.4 is 4.74 Å². The number of nitrogens with zero attached hydrogens (tertiary/aromatic N) is 4. The molecule has 1 saturated heterocycles. The number of rotatable bonds is 8. The smallest absolute Gasteiger partial charge is 0.246 e. The van der Waals surface area contributed by atoms with Gasteiger partial charge in [0, 0.05) is 32.2 Å². The summed E-state index contributed by atoms with van der Waals surface area (Å²) in [7, 11) is -0.148. The highest BCUT2D eigenvalue weighted by molar-refractivity contribution is 7.89. The lowest BCUT2D eigenvalue weighted by Crippen LogP contribution is -2.42.